The minimum absolute atomic E-state index is 0.0448. The Kier molecular flexibility index (Phi) is 7.00. The highest BCUT2D eigenvalue weighted by Gasteiger charge is 2.20. The first-order valence-corrected chi connectivity index (χ1v) is 9.78. The van der Waals surface area contributed by atoms with E-state index in [9.17, 15) is 9.59 Å². The summed E-state index contributed by atoms with van der Waals surface area (Å²) in [5, 5.41) is 2.90. The van der Waals surface area contributed by atoms with Crippen molar-refractivity contribution in [3.63, 3.8) is 0 Å². The highest BCUT2D eigenvalue weighted by atomic mass is 79.9. The van der Waals surface area contributed by atoms with Crippen LogP contribution in [0.5, 0.6) is 0 Å². The number of halogens is 1. The Hall–Kier alpha value is -2.45. The van der Waals surface area contributed by atoms with E-state index in [4.69, 9.17) is 9.47 Å². The molecular weight excluding hydrogens is 426 g/mol. The fraction of sp³-hybridized carbons (Fsp3) is 0.350. The third kappa shape index (κ3) is 5.30. The van der Waals surface area contributed by atoms with Gasteiger partial charge >= 0.3 is 5.97 Å². The van der Waals surface area contributed by atoms with Crippen molar-refractivity contribution in [2.24, 2.45) is 0 Å². The summed E-state index contributed by atoms with van der Waals surface area (Å²) in [6.45, 7) is 2.91. The van der Waals surface area contributed by atoms with Crippen LogP contribution in [0, 0.1) is 0 Å². The number of carbonyl (C=O) groups is 2. The van der Waals surface area contributed by atoms with Gasteiger partial charge in [-0.3, -0.25) is 9.59 Å². The first-order chi connectivity index (χ1) is 13.6. The van der Waals surface area contributed by atoms with Crippen LogP contribution in [0.25, 0.3) is 0 Å². The molecule has 1 fully saturated rings. The molecule has 8 heteroatoms. The second kappa shape index (κ2) is 9.66. The molecule has 1 aliphatic rings. The van der Waals surface area contributed by atoms with Gasteiger partial charge in [0.05, 0.1) is 38.3 Å². The largest absolute Gasteiger partial charge is 0.469 e. The summed E-state index contributed by atoms with van der Waals surface area (Å²) in [7, 11) is 1.33. The zero-order valence-electron chi connectivity index (χ0n) is 15.6. The number of amides is 1. The van der Waals surface area contributed by atoms with Gasteiger partial charge in [-0.25, -0.2) is 4.98 Å². The monoisotopic (exact) mass is 447 g/mol. The molecule has 0 aliphatic carbocycles. The number of hydrogen-bond acceptors (Lipinski definition) is 6. The molecule has 148 valence electrons. The molecule has 28 heavy (non-hydrogen) atoms. The molecule has 2 heterocycles. The Labute approximate surface area is 172 Å². The van der Waals surface area contributed by atoms with E-state index in [-0.39, 0.29) is 12.3 Å². The molecule has 1 atom stereocenters. The lowest BCUT2D eigenvalue weighted by atomic mass is 10.0. The molecule has 1 saturated heterocycles. The molecule has 1 amide bonds. The van der Waals surface area contributed by atoms with E-state index < -0.39 is 12.0 Å². The van der Waals surface area contributed by atoms with Crippen LogP contribution in [0.15, 0.2) is 47.1 Å². The molecule has 0 spiro atoms. The first-order valence-electron chi connectivity index (χ1n) is 8.98. The van der Waals surface area contributed by atoms with Gasteiger partial charge in [0, 0.05) is 23.8 Å². The van der Waals surface area contributed by atoms with Gasteiger partial charge in [0.25, 0.3) is 5.91 Å². The van der Waals surface area contributed by atoms with Gasteiger partial charge in [0.15, 0.2) is 0 Å². The van der Waals surface area contributed by atoms with Crippen LogP contribution in [0.3, 0.4) is 0 Å². The molecule has 0 bridgehead atoms. The number of nitrogens with one attached hydrogen (secondary N) is 1. The van der Waals surface area contributed by atoms with E-state index >= 15 is 0 Å². The second-order valence-electron chi connectivity index (χ2n) is 6.36. The third-order valence-electron chi connectivity index (χ3n) is 4.52. The summed E-state index contributed by atoms with van der Waals surface area (Å²) in [6, 6.07) is 10.5. The lowest BCUT2D eigenvalue weighted by Gasteiger charge is -2.27. The zero-order valence-corrected chi connectivity index (χ0v) is 17.1. The molecule has 2 aromatic rings. The Morgan fingerprint density at radius 2 is 1.93 bits per heavy atom. The number of aromatic nitrogens is 1. The van der Waals surface area contributed by atoms with Crippen molar-refractivity contribution < 1.29 is 19.1 Å². The van der Waals surface area contributed by atoms with E-state index in [0.29, 0.717) is 18.8 Å². The summed E-state index contributed by atoms with van der Waals surface area (Å²) in [5.74, 6) is 0.130. The normalized spacial score (nSPS) is 15.0. The number of hydrogen-bond donors (Lipinski definition) is 1. The highest BCUT2D eigenvalue weighted by molar-refractivity contribution is 9.10. The predicted octanol–water partition coefficient (Wildman–Crippen LogP) is 2.71. The van der Waals surface area contributed by atoms with E-state index in [0.717, 1.165) is 28.9 Å². The molecular formula is C20H22BrN3O4. The Bertz CT molecular complexity index is 805. The number of anilines is 1. The van der Waals surface area contributed by atoms with Crippen molar-refractivity contribution in [2.75, 3.05) is 38.3 Å². The summed E-state index contributed by atoms with van der Waals surface area (Å²) in [5.41, 5.74) is 1.25. The van der Waals surface area contributed by atoms with Crippen LogP contribution in [0.2, 0.25) is 0 Å². The molecule has 3 rings (SSSR count). The van der Waals surface area contributed by atoms with Gasteiger partial charge in [-0.05, 0) is 29.8 Å². The number of rotatable bonds is 6. The van der Waals surface area contributed by atoms with Gasteiger partial charge in [-0.1, -0.05) is 28.1 Å². The summed E-state index contributed by atoms with van der Waals surface area (Å²) in [4.78, 5) is 31.0. The topological polar surface area (TPSA) is 80.8 Å². The average molecular weight is 448 g/mol. The van der Waals surface area contributed by atoms with Crippen molar-refractivity contribution in [3.8, 4) is 0 Å². The Balaban J connectivity index is 1.71. The summed E-state index contributed by atoms with van der Waals surface area (Å²) < 4.78 is 11.0. The average Bonchev–Trinajstić information content (AvgIpc) is 2.74. The van der Waals surface area contributed by atoms with E-state index in [1.54, 1.807) is 12.3 Å². The van der Waals surface area contributed by atoms with E-state index in [1.807, 2.05) is 30.3 Å². The highest BCUT2D eigenvalue weighted by Crippen LogP contribution is 2.21. The molecule has 1 N–H and O–H groups in total. The van der Waals surface area contributed by atoms with Crippen molar-refractivity contribution in [2.45, 2.75) is 12.5 Å². The molecule has 1 aromatic carbocycles. The smallest absolute Gasteiger partial charge is 0.307 e. The minimum atomic E-state index is -0.494. The van der Waals surface area contributed by atoms with Crippen LogP contribution >= 0.6 is 15.9 Å². The van der Waals surface area contributed by atoms with Crippen molar-refractivity contribution in [3.05, 3.63) is 58.2 Å². The van der Waals surface area contributed by atoms with Crippen LogP contribution in [-0.2, 0) is 14.3 Å². The zero-order chi connectivity index (χ0) is 19.9. The number of ether oxygens (including phenoxy) is 2. The number of morpholine rings is 1. The third-order valence-corrected chi connectivity index (χ3v) is 5.05. The maximum atomic E-state index is 12.7. The maximum Gasteiger partial charge on any atom is 0.307 e. The van der Waals surface area contributed by atoms with Crippen molar-refractivity contribution in [1.29, 1.82) is 0 Å². The SMILES string of the molecule is COC(=O)CC(NC(=O)c1ccc(N2CCOCC2)nc1)c1ccc(Br)cc1. The standard InChI is InChI=1S/C20H22BrN3O4/c1-27-19(25)12-17(14-2-5-16(21)6-3-14)23-20(26)15-4-7-18(22-13-15)24-8-10-28-11-9-24/h2-7,13,17H,8-12H2,1H3,(H,23,26). The number of methoxy groups -OCH3 is 1. The van der Waals surface area contributed by atoms with Gasteiger partial charge in [0.1, 0.15) is 5.82 Å². The molecule has 0 radical (unpaired) electrons. The van der Waals surface area contributed by atoms with Crippen LogP contribution in [0.4, 0.5) is 5.82 Å². The quantitative estimate of drug-likeness (QED) is 0.685. The van der Waals surface area contributed by atoms with Crippen molar-refractivity contribution in [1.82, 2.24) is 10.3 Å². The first kappa shape index (κ1) is 20.3. The summed E-state index contributed by atoms with van der Waals surface area (Å²) in [6.07, 6.45) is 1.60. The van der Waals surface area contributed by atoms with Crippen LogP contribution < -0.4 is 10.2 Å². The minimum Gasteiger partial charge on any atom is -0.469 e. The molecule has 0 saturated carbocycles. The molecule has 1 aliphatic heterocycles. The Morgan fingerprint density at radius 1 is 1.21 bits per heavy atom. The summed E-state index contributed by atoms with van der Waals surface area (Å²) >= 11 is 3.39. The molecule has 7 nitrogen and oxygen atoms in total. The van der Waals surface area contributed by atoms with Crippen LogP contribution in [0.1, 0.15) is 28.4 Å². The van der Waals surface area contributed by atoms with Crippen molar-refractivity contribution >= 4 is 33.6 Å². The number of carbonyl (C=O) groups excluding carboxylic acids is 2. The fourth-order valence-electron chi connectivity index (χ4n) is 2.94. The predicted molar refractivity (Wildman–Crippen MR) is 108 cm³/mol. The van der Waals surface area contributed by atoms with Gasteiger partial charge in [-0.2, -0.15) is 0 Å². The van der Waals surface area contributed by atoms with Gasteiger partial charge in [0.2, 0.25) is 0 Å². The molecule has 1 unspecified atom stereocenters. The molecule has 1 aromatic heterocycles. The number of benzene rings is 1. The lowest BCUT2D eigenvalue weighted by Crippen LogP contribution is -2.36. The number of nitrogens with zero attached hydrogens (tertiary/aromatic N) is 2. The maximum absolute atomic E-state index is 12.7. The lowest BCUT2D eigenvalue weighted by molar-refractivity contribution is -0.141. The van der Waals surface area contributed by atoms with E-state index in [1.165, 1.54) is 7.11 Å². The number of esters is 1. The fourth-order valence-corrected chi connectivity index (χ4v) is 3.20. The van der Waals surface area contributed by atoms with Gasteiger partial charge < -0.3 is 19.7 Å². The van der Waals surface area contributed by atoms with Gasteiger partial charge in [-0.15, -0.1) is 0 Å². The number of pyridine rings is 1. The van der Waals surface area contributed by atoms with E-state index in [2.05, 4.69) is 31.1 Å². The van der Waals surface area contributed by atoms with Crippen LogP contribution in [-0.4, -0.2) is 50.3 Å². The Morgan fingerprint density at radius 3 is 2.54 bits per heavy atom. The second-order valence-corrected chi connectivity index (χ2v) is 7.28.